The number of nitrogens with zero attached hydrogens (tertiary/aromatic N) is 3. The van der Waals surface area contributed by atoms with Crippen LogP contribution >= 0.6 is 23.1 Å². The molecule has 4 rings (SSSR count). The Morgan fingerprint density at radius 1 is 1.17 bits per heavy atom. The molecule has 1 aromatic carbocycles. The molecule has 2 aromatic heterocycles. The summed E-state index contributed by atoms with van der Waals surface area (Å²) in [6.45, 7) is 2.09. The van der Waals surface area contributed by atoms with Crippen molar-refractivity contribution < 1.29 is 4.74 Å². The lowest BCUT2D eigenvalue weighted by molar-refractivity contribution is 0.229. The number of rotatable bonds is 2. The third-order valence-corrected chi connectivity index (χ3v) is 5.12. The summed E-state index contributed by atoms with van der Waals surface area (Å²) in [5, 5.41) is 12.5. The average Bonchev–Trinajstić information content (AvgIpc) is 2.93. The van der Waals surface area contributed by atoms with Crippen molar-refractivity contribution >= 4 is 28.8 Å². The molecule has 1 aliphatic heterocycles. The summed E-state index contributed by atoms with van der Waals surface area (Å²) in [4.78, 5) is 6.86. The van der Waals surface area contributed by atoms with Crippen LogP contribution in [-0.2, 0) is 0 Å². The molecule has 3 heterocycles. The molecular formula is C16H14N4OS2. The SMILES string of the molecule is CSc1nnc2c(n1)O[C@H](c1ccc(C)s1)Nc1ccccc1-2. The molecule has 1 aliphatic rings. The topological polar surface area (TPSA) is 59.9 Å². The van der Waals surface area contributed by atoms with Crippen LogP contribution in [0.2, 0.25) is 0 Å². The van der Waals surface area contributed by atoms with E-state index in [9.17, 15) is 0 Å². The fourth-order valence-corrected chi connectivity index (χ4v) is 3.61. The highest BCUT2D eigenvalue weighted by Crippen LogP contribution is 2.40. The molecule has 1 N–H and O–H groups in total. The summed E-state index contributed by atoms with van der Waals surface area (Å²) < 4.78 is 6.15. The van der Waals surface area contributed by atoms with Crippen molar-refractivity contribution in [3.63, 3.8) is 0 Å². The Labute approximate surface area is 142 Å². The number of aryl methyl sites for hydroxylation is 1. The molecule has 0 spiro atoms. The normalized spacial score (nSPS) is 15.8. The largest absolute Gasteiger partial charge is 0.447 e. The van der Waals surface area contributed by atoms with Crippen molar-refractivity contribution in [2.75, 3.05) is 11.6 Å². The second-order valence-electron chi connectivity index (χ2n) is 5.09. The zero-order chi connectivity index (χ0) is 15.8. The maximum atomic E-state index is 6.15. The number of anilines is 1. The number of hydrogen-bond acceptors (Lipinski definition) is 7. The lowest BCUT2D eigenvalue weighted by Gasteiger charge is -2.17. The van der Waals surface area contributed by atoms with Crippen LogP contribution in [0.1, 0.15) is 16.0 Å². The van der Waals surface area contributed by atoms with Crippen LogP contribution in [0, 0.1) is 6.92 Å². The number of benzene rings is 1. The number of fused-ring (bicyclic) bond motifs is 3. The number of ether oxygens (including phenoxy) is 1. The van der Waals surface area contributed by atoms with Crippen molar-refractivity contribution in [1.82, 2.24) is 15.2 Å². The third-order valence-electron chi connectivity index (χ3n) is 3.54. The number of para-hydroxylation sites is 1. The predicted molar refractivity (Wildman–Crippen MR) is 93.1 cm³/mol. The van der Waals surface area contributed by atoms with Crippen molar-refractivity contribution in [3.05, 3.63) is 46.2 Å². The highest BCUT2D eigenvalue weighted by atomic mass is 32.2. The second kappa shape index (κ2) is 5.82. The van der Waals surface area contributed by atoms with Crippen LogP contribution in [0.5, 0.6) is 5.88 Å². The molecule has 116 valence electrons. The highest BCUT2D eigenvalue weighted by molar-refractivity contribution is 7.98. The summed E-state index contributed by atoms with van der Waals surface area (Å²) in [6.07, 6.45) is 1.63. The molecule has 0 radical (unpaired) electrons. The minimum atomic E-state index is -0.289. The Kier molecular flexibility index (Phi) is 3.66. The van der Waals surface area contributed by atoms with Gasteiger partial charge in [0.25, 0.3) is 0 Å². The van der Waals surface area contributed by atoms with Gasteiger partial charge in [-0.05, 0) is 31.4 Å². The summed E-state index contributed by atoms with van der Waals surface area (Å²) >= 11 is 3.15. The van der Waals surface area contributed by atoms with Gasteiger partial charge >= 0.3 is 0 Å². The number of hydrogen-bond donors (Lipinski definition) is 1. The maximum absolute atomic E-state index is 6.15. The molecule has 0 fully saturated rings. The second-order valence-corrected chi connectivity index (χ2v) is 7.18. The Balaban J connectivity index is 1.87. The third kappa shape index (κ3) is 2.66. The Morgan fingerprint density at radius 2 is 2.04 bits per heavy atom. The van der Waals surface area contributed by atoms with Gasteiger partial charge < -0.3 is 10.1 Å². The molecule has 23 heavy (non-hydrogen) atoms. The number of nitrogens with one attached hydrogen (secondary N) is 1. The molecule has 3 aromatic rings. The first kappa shape index (κ1) is 14.5. The quantitative estimate of drug-likeness (QED) is 0.707. The van der Waals surface area contributed by atoms with Crippen molar-refractivity contribution in [2.24, 2.45) is 0 Å². The van der Waals surface area contributed by atoms with Crippen molar-refractivity contribution in [2.45, 2.75) is 18.3 Å². The number of thiophene rings is 1. The molecule has 0 saturated heterocycles. The van der Waals surface area contributed by atoms with Crippen LogP contribution in [0.15, 0.2) is 41.6 Å². The molecule has 0 saturated carbocycles. The van der Waals surface area contributed by atoms with E-state index < -0.39 is 0 Å². The minimum absolute atomic E-state index is 0.289. The molecule has 0 unspecified atom stereocenters. The predicted octanol–water partition coefficient (Wildman–Crippen LogP) is 4.13. The monoisotopic (exact) mass is 342 g/mol. The van der Waals surface area contributed by atoms with E-state index in [-0.39, 0.29) is 6.23 Å². The van der Waals surface area contributed by atoms with Gasteiger partial charge in [0.05, 0.1) is 4.88 Å². The zero-order valence-corrected chi connectivity index (χ0v) is 14.2. The molecule has 7 heteroatoms. The van der Waals surface area contributed by atoms with E-state index in [4.69, 9.17) is 4.74 Å². The molecular weight excluding hydrogens is 328 g/mol. The summed E-state index contributed by atoms with van der Waals surface area (Å²) in [5.74, 6) is 0.512. The smallest absolute Gasteiger partial charge is 0.247 e. The van der Waals surface area contributed by atoms with Crippen LogP contribution in [-0.4, -0.2) is 21.4 Å². The van der Waals surface area contributed by atoms with Gasteiger partial charge in [-0.25, -0.2) is 0 Å². The van der Waals surface area contributed by atoms with E-state index in [2.05, 4.69) is 39.6 Å². The van der Waals surface area contributed by atoms with Gasteiger partial charge in [-0.15, -0.1) is 21.5 Å². The standard InChI is InChI=1S/C16H14N4OS2/c1-9-7-8-12(23-9)14-17-11-6-4-3-5-10(11)13-15(21-14)18-16(22-2)20-19-13/h3-8,14,17H,1-2H3/t14-/m1/s1. The molecule has 5 nitrogen and oxygen atoms in total. The van der Waals surface area contributed by atoms with Gasteiger partial charge in [0.2, 0.25) is 17.3 Å². The fourth-order valence-electron chi connectivity index (χ4n) is 2.46. The van der Waals surface area contributed by atoms with Crippen molar-refractivity contribution in [1.29, 1.82) is 0 Å². The highest BCUT2D eigenvalue weighted by Gasteiger charge is 2.26. The van der Waals surface area contributed by atoms with E-state index in [1.807, 2.05) is 30.5 Å². The van der Waals surface area contributed by atoms with Crippen LogP contribution in [0.25, 0.3) is 11.3 Å². The molecule has 0 aliphatic carbocycles. The van der Waals surface area contributed by atoms with E-state index >= 15 is 0 Å². The Hall–Kier alpha value is -2.12. The van der Waals surface area contributed by atoms with Gasteiger partial charge in [-0.2, -0.15) is 4.98 Å². The average molecular weight is 342 g/mol. The Bertz CT molecular complexity index is 865. The first-order chi connectivity index (χ1) is 11.2. The van der Waals surface area contributed by atoms with Crippen LogP contribution < -0.4 is 10.1 Å². The van der Waals surface area contributed by atoms with Gasteiger partial charge in [0.1, 0.15) is 0 Å². The van der Waals surface area contributed by atoms with Gasteiger partial charge in [-0.3, -0.25) is 0 Å². The van der Waals surface area contributed by atoms with E-state index in [0.29, 0.717) is 16.7 Å². The van der Waals surface area contributed by atoms with Gasteiger partial charge in [-0.1, -0.05) is 30.0 Å². The fraction of sp³-hybridized carbons (Fsp3) is 0.188. The van der Waals surface area contributed by atoms with Crippen LogP contribution in [0.3, 0.4) is 0 Å². The lowest BCUT2D eigenvalue weighted by Crippen LogP contribution is -2.15. The summed E-state index contributed by atoms with van der Waals surface area (Å²) in [6, 6.07) is 12.2. The van der Waals surface area contributed by atoms with E-state index in [1.165, 1.54) is 16.6 Å². The molecule has 1 atom stereocenters. The van der Waals surface area contributed by atoms with Gasteiger partial charge in [0, 0.05) is 16.1 Å². The zero-order valence-electron chi connectivity index (χ0n) is 12.6. The number of aromatic nitrogens is 3. The summed E-state index contributed by atoms with van der Waals surface area (Å²) in [5.41, 5.74) is 2.59. The van der Waals surface area contributed by atoms with Crippen molar-refractivity contribution in [3.8, 4) is 17.1 Å². The minimum Gasteiger partial charge on any atom is -0.447 e. The molecule has 0 amide bonds. The lowest BCUT2D eigenvalue weighted by atomic mass is 10.1. The first-order valence-corrected chi connectivity index (χ1v) is 9.16. The van der Waals surface area contributed by atoms with E-state index in [0.717, 1.165) is 16.1 Å². The summed E-state index contributed by atoms with van der Waals surface area (Å²) in [7, 11) is 0. The number of thioether (sulfide) groups is 1. The van der Waals surface area contributed by atoms with Crippen LogP contribution in [0.4, 0.5) is 5.69 Å². The molecule has 0 bridgehead atoms. The Morgan fingerprint density at radius 3 is 2.83 bits per heavy atom. The van der Waals surface area contributed by atoms with E-state index in [1.54, 1.807) is 11.3 Å². The first-order valence-electron chi connectivity index (χ1n) is 7.12. The maximum Gasteiger partial charge on any atom is 0.247 e. The van der Waals surface area contributed by atoms with Gasteiger partial charge in [0.15, 0.2) is 5.69 Å².